The normalized spacial score (nSPS) is 17.4. The zero-order valence-electron chi connectivity index (χ0n) is 19.4. The third-order valence-corrected chi connectivity index (χ3v) is 5.70. The van der Waals surface area contributed by atoms with E-state index in [-0.39, 0.29) is 17.1 Å². The molecule has 2 N–H and O–H groups in total. The summed E-state index contributed by atoms with van der Waals surface area (Å²) < 4.78 is 5.77. The molecule has 1 saturated heterocycles. The largest absolute Gasteiger partial charge is 0.508 e. The number of benzene rings is 3. The van der Waals surface area contributed by atoms with Crippen molar-refractivity contribution in [3.8, 4) is 11.5 Å². The molecule has 1 aliphatic rings. The first-order valence-corrected chi connectivity index (χ1v) is 11.2. The van der Waals surface area contributed by atoms with E-state index >= 15 is 0 Å². The molecule has 0 aliphatic carbocycles. The number of hydrogen-bond donors (Lipinski definition) is 2. The zero-order chi connectivity index (χ0) is 24.4. The summed E-state index contributed by atoms with van der Waals surface area (Å²) in [6.45, 7) is 6.42. The molecule has 1 amide bonds. The summed E-state index contributed by atoms with van der Waals surface area (Å²) in [5, 5.41) is 21.4. The predicted octanol–water partition coefficient (Wildman–Crippen LogP) is 5.36. The molecule has 1 atom stereocenters. The van der Waals surface area contributed by atoms with Gasteiger partial charge in [-0.05, 0) is 54.3 Å². The van der Waals surface area contributed by atoms with Gasteiger partial charge in [0.2, 0.25) is 0 Å². The van der Waals surface area contributed by atoms with Gasteiger partial charge in [-0.3, -0.25) is 14.5 Å². The Bertz CT molecular complexity index is 1280. The third-order valence-electron chi connectivity index (χ3n) is 5.70. The summed E-state index contributed by atoms with van der Waals surface area (Å²) >= 11 is 0. The number of anilines is 1. The first-order valence-electron chi connectivity index (χ1n) is 11.2. The Kier molecular flexibility index (Phi) is 6.41. The standard InChI is InChI=1S/C28H27NO5/c1-17(2)16-34-22-12-7-10-20(15-22)26(31)24-25(19-9-6-11-21(30)14-19)29(28(33)27(24)32)23-13-5-4-8-18(23)3/h4-15,17,25,30-31H,16H2,1-3H3/b26-24-. The molecule has 174 valence electrons. The van der Waals surface area contributed by atoms with E-state index in [1.54, 1.807) is 48.5 Å². The Morgan fingerprint density at radius 3 is 2.44 bits per heavy atom. The van der Waals surface area contributed by atoms with Crippen LogP contribution in [0.5, 0.6) is 11.5 Å². The highest BCUT2D eigenvalue weighted by molar-refractivity contribution is 6.51. The van der Waals surface area contributed by atoms with E-state index in [0.29, 0.717) is 35.1 Å². The smallest absolute Gasteiger partial charge is 0.300 e. The number of nitrogens with zero attached hydrogens (tertiary/aromatic N) is 1. The van der Waals surface area contributed by atoms with Gasteiger partial charge in [0, 0.05) is 11.3 Å². The van der Waals surface area contributed by atoms with E-state index in [9.17, 15) is 19.8 Å². The molecule has 1 fully saturated rings. The Hall–Kier alpha value is -4.06. The van der Waals surface area contributed by atoms with Crippen LogP contribution in [0.15, 0.2) is 78.4 Å². The molecule has 3 aromatic carbocycles. The SMILES string of the molecule is Cc1ccccc1N1C(=O)C(=O)/C(=C(\O)c2cccc(OCC(C)C)c2)C1c1cccc(O)c1. The van der Waals surface area contributed by atoms with Crippen LogP contribution in [-0.4, -0.2) is 28.5 Å². The van der Waals surface area contributed by atoms with Gasteiger partial charge in [-0.25, -0.2) is 0 Å². The molecule has 3 aromatic rings. The molecule has 6 heteroatoms. The maximum Gasteiger partial charge on any atom is 0.300 e. The van der Waals surface area contributed by atoms with Gasteiger partial charge in [0.05, 0.1) is 18.2 Å². The molecule has 0 radical (unpaired) electrons. The summed E-state index contributed by atoms with van der Waals surface area (Å²) in [5.41, 5.74) is 2.20. The minimum Gasteiger partial charge on any atom is -0.508 e. The van der Waals surface area contributed by atoms with Crippen molar-refractivity contribution in [2.45, 2.75) is 26.8 Å². The lowest BCUT2D eigenvalue weighted by atomic mass is 9.94. The maximum atomic E-state index is 13.3. The fourth-order valence-electron chi connectivity index (χ4n) is 4.08. The molecule has 0 aromatic heterocycles. The molecule has 4 rings (SSSR count). The van der Waals surface area contributed by atoms with Crippen LogP contribution in [0.2, 0.25) is 0 Å². The van der Waals surface area contributed by atoms with Crippen LogP contribution in [0.3, 0.4) is 0 Å². The molecular formula is C28H27NO5. The number of carbonyl (C=O) groups is 2. The average molecular weight is 458 g/mol. The maximum absolute atomic E-state index is 13.3. The van der Waals surface area contributed by atoms with Crippen LogP contribution in [-0.2, 0) is 9.59 Å². The van der Waals surface area contributed by atoms with Gasteiger partial charge in [-0.1, -0.05) is 56.3 Å². The summed E-state index contributed by atoms with van der Waals surface area (Å²) in [6.07, 6.45) is 0. The molecule has 0 spiro atoms. The van der Waals surface area contributed by atoms with E-state index in [2.05, 4.69) is 0 Å². The first kappa shape index (κ1) is 23.1. The molecule has 6 nitrogen and oxygen atoms in total. The summed E-state index contributed by atoms with van der Waals surface area (Å²) in [5.74, 6) is -0.948. The van der Waals surface area contributed by atoms with Crippen molar-refractivity contribution >= 4 is 23.1 Å². The van der Waals surface area contributed by atoms with Crippen molar-refractivity contribution in [3.63, 3.8) is 0 Å². The Balaban J connectivity index is 1.89. The number of para-hydroxylation sites is 1. The molecule has 1 unspecified atom stereocenters. The van der Waals surface area contributed by atoms with Crippen LogP contribution in [0, 0.1) is 12.8 Å². The monoisotopic (exact) mass is 457 g/mol. The number of carbonyl (C=O) groups excluding carboxylic acids is 2. The molecule has 0 saturated carbocycles. The van der Waals surface area contributed by atoms with Crippen LogP contribution in [0.25, 0.3) is 5.76 Å². The van der Waals surface area contributed by atoms with Crippen molar-refractivity contribution in [3.05, 3.63) is 95.1 Å². The number of ketones is 1. The molecular weight excluding hydrogens is 430 g/mol. The molecule has 1 heterocycles. The van der Waals surface area contributed by atoms with Gasteiger partial charge in [0.15, 0.2) is 0 Å². The fraction of sp³-hybridized carbons (Fsp3) is 0.214. The highest BCUT2D eigenvalue weighted by Gasteiger charge is 2.47. The van der Waals surface area contributed by atoms with Gasteiger partial charge in [-0.2, -0.15) is 0 Å². The number of rotatable bonds is 6. The van der Waals surface area contributed by atoms with Gasteiger partial charge in [-0.15, -0.1) is 0 Å². The Morgan fingerprint density at radius 1 is 1.00 bits per heavy atom. The first-order chi connectivity index (χ1) is 16.3. The van der Waals surface area contributed by atoms with Gasteiger partial charge >= 0.3 is 0 Å². The minimum absolute atomic E-state index is 0.00282. The number of ether oxygens (including phenoxy) is 1. The fourth-order valence-corrected chi connectivity index (χ4v) is 4.08. The van der Waals surface area contributed by atoms with Crippen LogP contribution >= 0.6 is 0 Å². The van der Waals surface area contributed by atoms with E-state index in [1.165, 1.54) is 17.0 Å². The number of aliphatic hydroxyl groups is 1. The molecule has 0 bridgehead atoms. The predicted molar refractivity (Wildman–Crippen MR) is 131 cm³/mol. The second-order valence-corrected chi connectivity index (χ2v) is 8.78. The van der Waals surface area contributed by atoms with Crippen molar-refractivity contribution in [2.24, 2.45) is 5.92 Å². The lowest BCUT2D eigenvalue weighted by molar-refractivity contribution is -0.132. The van der Waals surface area contributed by atoms with Crippen molar-refractivity contribution in [1.82, 2.24) is 0 Å². The second kappa shape index (κ2) is 9.43. The van der Waals surface area contributed by atoms with Crippen molar-refractivity contribution in [1.29, 1.82) is 0 Å². The molecule has 1 aliphatic heterocycles. The highest BCUT2D eigenvalue weighted by Crippen LogP contribution is 2.43. The Morgan fingerprint density at radius 2 is 1.74 bits per heavy atom. The van der Waals surface area contributed by atoms with E-state index in [1.807, 2.05) is 32.9 Å². The number of phenolic OH excluding ortho intramolecular Hbond substituents is 1. The van der Waals surface area contributed by atoms with Gasteiger partial charge < -0.3 is 14.9 Å². The Labute approximate surface area is 198 Å². The van der Waals surface area contributed by atoms with E-state index < -0.39 is 17.7 Å². The molecule has 34 heavy (non-hydrogen) atoms. The summed E-state index contributed by atoms with van der Waals surface area (Å²) in [4.78, 5) is 27.9. The van der Waals surface area contributed by atoms with Crippen molar-refractivity contribution in [2.75, 3.05) is 11.5 Å². The lowest BCUT2D eigenvalue weighted by Crippen LogP contribution is -2.30. The number of aromatic hydroxyl groups is 1. The average Bonchev–Trinajstić information content (AvgIpc) is 3.08. The van der Waals surface area contributed by atoms with Gasteiger partial charge in [0.1, 0.15) is 17.3 Å². The number of aryl methyl sites for hydroxylation is 1. The van der Waals surface area contributed by atoms with Crippen LogP contribution < -0.4 is 9.64 Å². The van der Waals surface area contributed by atoms with Crippen molar-refractivity contribution < 1.29 is 24.5 Å². The zero-order valence-corrected chi connectivity index (χ0v) is 19.4. The minimum atomic E-state index is -0.909. The highest BCUT2D eigenvalue weighted by atomic mass is 16.5. The number of amides is 1. The van der Waals surface area contributed by atoms with E-state index in [0.717, 1.165) is 5.56 Å². The van der Waals surface area contributed by atoms with Gasteiger partial charge in [0.25, 0.3) is 11.7 Å². The third kappa shape index (κ3) is 4.39. The number of aliphatic hydroxyl groups excluding tert-OH is 1. The van der Waals surface area contributed by atoms with Crippen LogP contribution in [0.4, 0.5) is 5.69 Å². The second-order valence-electron chi connectivity index (χ2n) is 8.78. The summed E-state index contributed by atoms with van der Waals surface area (Å²) in [6, 6.07) is 19.5. The van der Waals surface area contributed by atoms with E-state index in [4.69, 9.17) is 4.74 Å². The topological polar surface area (TPSA) is 87.1 Å². The lowest BCUT2D eigenvalue weighted by Gasteiger charge is -2.26. The van der Waals surface area contributed by atoms with Crippen LogP contribution in [0.1, 0.15) is 36.6 Å². The quantitative estimate of drug-likeness (QED) is 0.296. The summed E-state index contributed by atoms with van der Waals surface area (Å²) in [7, 11) is 0. The number of phenols is 1. The number of hydrogen-bond acceptors (Lipinski definition) is 5. The number of Topliss-reactive ketones (excluding diaryl/α,β-unsaturated/α-hetero) is 1.